The van der Waals surface area contributed by atoms with E-state index in [1.54, 1.807) is 18.1 Å². The van der Waals surface area contributed by atoms with Gasteiger partial charge in [0.2, 0.25) is 0 Å². The Hall–Kier alpha value is -3.16. The maximum atomic E-state index is 12.7. The molecule has 2 aromatic carbocycles. The van der Waals surface area contributed by atoms with Crippen molar-refractivity contribution in [3.8, 4) is 5.69 Å². The molecule has 5 nitrogen and oxygen atoms in total. The molecule has 0 aliphatic carbocycles. The molecular weight excluding hydrogens is 357 g/mol. The van der Waals surface area contributed by atoms with Gasteiger partial charge >= 0.3 is 6.18 Å². The van der Waals surface area contributed by atoms with Crippen molar-refractivity contribution in [2.75, 3.05) is 7.05 Å². The highest BCUT2D eigenvalue weighted by Gasteiger charge is 2.30. The number of carbonyl (C=O) groups is 1. The smallest absolute Gasteiger partial charge is 0.335 e. The first kappa shape index (κ1) is 18.6. The number of benzene rings is 2. The number of nitrogens with zero attached hydrogens (tertiary/aromatic N) is 4. The summed E-state index contributed by atoms with van der Waals surface area (Å²) < 4.78 is 39.6. The minimum Gasteiger partial charge on any atom is -0.335 e. The van der Waals surface area contributed by atoms with Crippen LogP contribution in [0.15, 0.2) is 61.2 Å². The van der Waals surface area contributed by atoms with Crippen LogP contribution in [0.4, 0.5) is 13.2 Å². The molecule has 3 rings (SSSR count). The fourth-order valence-electron chi connectivity index (χ4n) is 2.65. The zero-order valence-electron chi connectivity index (χ0n) is 14.7. The molecule has 1 aromatic heterocycles. The van der Waals surface area contributed by atoms with Crippen molar-refractivity contribution in [1.29, 1.82) is 0 Å². The molecule has 8 heteroatoms. The zero-order valence-corrected chi connectivity index (χ0v) is 14.7. The minimum atomic E-state index is -4.42. The van der Waals surface area contributed by atoms with Gasteiger partial charge in [0.1, 0.15) is 12.7 Å². The quantitative estimate of drug-likeness (QED) is 0.690. The summed E-state index contributed by atoms with van der Waals surface area (Å²) in [5.74, 6) is -0.350. The Morgan fingerprint density at radius 1 is 1.07 bits per heavy atom. The van der Waals surface area contributed by atoms with E-state index in [2.05, 4.69) is 10.1 Å². The Kier molecular flexibility index (Phi) is 4.98. The molecule has 0 radical (unpaired) electrons. The van der Waals surface area contributed by atoms with Crippen molar-refractivity contribution < 1.29 is 18.0 Å². The van der Waals surface area contributed by atoms with E-state index in [9.17, 15) is 18.0 Å². The van der Waals surface area contributed by atoms with Crippen molar-refractivity contribution in [3.05, 3.63) is 77.9 Å². The monoisotopic (exact) mass is 374 g/mol. The lowest BCUT2D eigenvalue weighted by molar-refractivity contribution is -0.137. The van der Waals surface area contributed by atoms with Crippen LogP contribution in [0.1, 0.15) is 34.5 Å². The van der Waals surface area contributed by atoms with Gasteiger partial charge in [0, 0.05) is 12.6 Å². The molecule has 0 fully saturated rings. The number of hydrogen-bond acceptors (Lipinski definition) is 3. The molecule has 1 amide bonds. The van der Waals surface area contributed by atoms with Crippen LogP contribution in [-0.4, -0.2) is 32.6 Å². The molecule has 0 saturated carbocycles. The summed E-state index contributed by atoms with van der Waals surface area (Å²) in [5, 5.41) is 4.05. The number of rotatable bonds is 4. The number of aromatic nitrogens is 3. The van der Waals surface area contributed by atoms with Crippen LogP contribution in [-0.2, 0) is 6.18 Å². The lowest BCUT2D eigenvalue weighted by atomic mass is 10.0. The largest absolute Gasteiger partial charge is 0.416 e. The van der Waals surface area contributed by atoms with Crippen LogP contribution in [0, 0.1) is 0 Å². The normalized spacial score (nSPS) is 12.6. The Balaban J connectivity index is 1.74. The van der Waals surface area contributed by atoms with Gasteiger partial charge in [-0.3, -0.25) is 4.79 Å². The van der Waals surface area contributed by atoms with E-state index in [0.29, 0.717) is 0 Å². The average Bonchev–Trinajstić information content (AvgIpc) is 3.20. The topological polar surface area (TPSA) is 51.0 Å². The minimum absolute atomic E-state index is 0.205. The number of hydrogen-bond donors (Lipinski definition) is 0. The SMILES string of the molecule is C[C@@H](c1ccc(-n2cncn2)cc1)N(C)C(=O)c1ccc(C(F)(F)F)cc1. The molecule has 0 unspecified atom stereocenters. The van der Waals surface area contributed by atoms with Crippen molar-refractivity contribution in [2.45, 2.75) is 19.1 Å². The summed E-state index contributed by atoms with van der Waals surface area (Å²) in [7, 11) is 1.62. The lowest BCUT2D eigenvalue weighted by Gasteiger charge is -2.25. The molecule has 0 spiro atoms. The van der Waals surface area contributed by atoms with Gasteiger partial charge in [-0.15, -0.1) is 0 Å². The second-order valence-electron chi connectivity index (χ2n) is 6.10. The molecule has 0 N–H and O–H groups in total. The maximum absolute atomic E-state index is 12.7. The second-order valence-corrected chi connectivity index (χ2v) is 6.10. The Morgan fingerprint density at radius 3 is 2.22 bits per heavy atom. The van der Waals surface area contributed by atoms with E-state index >= 15 is 0 Å². The molecule has 3 aromatic rings. The number of halogens is 3. The third-order valence-electron chi connectivity index (χ3n) is 4.42. The summed E-state index contributed by atoms with van der Waals surface area (Å²) in [4.78, 5) is 18.0. The summed E-state index contributed by atoms with van der Waals surface area (Å²) in [6, 6.07) is 11.4. The molecule has 0 aliphatic rings. The van der Waals surface area contributed by atoms with E-state index < -0.39 is 11.7 Å². The second kappa shape index (κ2) is 7.22. The van der Waals surface area contributed by atoms with Crippen LogP contribution in [0.2, 0.25) is 0 Å². The van der Waals surface area contributed by atoms with Gasteiger partial charge in [-0.05, 0) is 48.9 Å². The van der Waals surface area contributed by atoms with Crippen molar-refractivity contribution in [2.24, 2.45) is 0 Å². The molecule has 0 saturated heterocycles. The first-order valence-electron chi connectivity index (χ1n) is 8.17. The average molecular weight is 374 g/mol. The highest BCUT2D eigenvalue weighted by atomic mass is 19.4. The first-order valence-corrected chi connectivity index (χ1v) is 8.17. The predicted octanol–water partition coefficient (Wildman–Crippen LogP) is 4.12. The maximum Gasteiger partial charge on any atom is 0.416 e. The van der Waals surface area contributed by atoms with Gasteiger partial charge < -0.3 is 4.90 Å². The van der Waals surface area contributed by atoms with Gasteiger partial charge in [-0.25, -0.2) is 9.67 Å². The fourth-order valence-corrected chi connectivity index (χ4v) is 2.65. The Morgan fingerprint density at radius 2 is 1.70 bits per heavy atom. The van der Waals surface area contributed by atoms with Gasteiger partial charge in [0.15, 0.2) is 0 Å². The van der Waals surface area contributed by atoms with Gasteiger partial charge in [0.25, 0.3) is 5.91 Å². The Labute approximate surface area is 154 Å². The van der Waals surface area contributed by atoms with Crippen LogP contribution >= 0.6 is 0 Å². The van der Waals surface area contributed by atoms with Crippen molar-refractivity contribution in [1.82, 2.24) is 19.7 Å². The van der Waals surface area contributed by atoms with Crippen molar-refractivity contribution >= 4 is 5.91 Å². The zero-order chi connectivity index (χ0) is 19.6. The molecule has 1 atom stereocenters. The van der Waals surface area contributed by atoms with Gasteiger partial charge in [-0.1, -0.05) is 12.1 Å². The lowest BCUT2D eigenvalue weighted by Crippen LogP contribution is -2.29. The highest BCUT2D eigenvalue weighted by Crippen LogP contribution is 2.29. The standard InChI is InChI=1S/C19H17F3N4O/c1-13(14-5-9-17(10-6-14)26-12-23-11-24-26)25(2)18(27)15-3-7-16(8-4-15)19(20,21)22/h3-13H,1-2H3/t13-/m0/s1. The number of amides is 1. The highest BCUT2D eigenvalue weighted by molar-refractivity contribution is 5.94. The summed E-state index contributed by atoms with van der Waals surface area (Å²) in [5.41, 5.74) is 1.15. The van der Waals surface area contributed by atoms with Crippen LogP contribution in [0.25, 0.3) is 5.69 Å². The van der Waals surface area contributed by atoms with Gasteiger partial charge in [-0.2, -0.15) is 18.3 Å². The fraction of sp³-hybridized carbons (Fsp3) is 0.211. The van der Waals surface area contributed by atoms with Crippen LogP contribution < -0.4 is 0 Å². The van der Waals surface area contributed by atoms with E-state index in [4.69, 9.17) is 0 Å². The summed E-state index contributed by atoms with van der Waals surface area (Å²) in [6.07, 6.45) is -1.40. The van der Waals surface area contributed by atoms with Crippen LogP contribution in [0.3, 0.4) is 0 Å². The predicted molar refractivity (Wildman–Crippen MR) is 93.3 cm³/mol. The number of alkyl halides is 3. The molecule has 1 heterocycles. The molecule has 0 bridgehead atoms. The molecule has 140 valence electrons. The number of carbonyl (C=O) groups excluding carboxylic acids is 1. The third kappa shape index (κ3) is 3.99. The van der Waals surface area contributed by atoms with Crippen molar-refractivity contribution in [3.63, 3.8) is 0 Å². The van der Waals surface area contributed by atoms with E-state index in [1.807, 2.05) is 31.2 Å². The van der Waals surface area contributed by atoms with E-state index in [0.717, 1.165) is 23.4 Å². The molecule has 0 aliphatic heterocycles. The molecular formula is C19H17F3N4O. The summed E-state index contributed by atoms with van der Waals surface area (Å²) in [6.45, 7) is 1.85. The molecule has 27 heavy (non-hydrogen) atoms. The first-order chi connectivity index (χ1) is 12.8. The van der Waals surface area contributed by atoms with Crippen LogP contribution in [0.5, 0.6) is 0 Å². The van der Waals surface area contributed by atoms with Gasteiger partial charge in [0.05, 0.1) is 17.3 Å². The van der Waals surface area contributed by atoms with E-state index in [1.165, 1.54) is 23.4 Å². The summed E-state index contributed by atoms with van der Waals surface area (Å²) >= 11 is 0. The Bertz CT molecular complexity index is 904. The van der Waals surface area contributed by atoms with E-state index in [-0.39, 0.29) is 17.5 Å². The third-order valence-corrected chi connectivity index (χ3v) is 4.42.